The minimum absolute atomic E-state index is 0.293. The van der Waals surface area contributed by atoms with Crippen LogP contribution in [-0.4, -0.2) is 4.75 Å². The monoisotopic (exact) mass is 422 g/mol. The number of thiol groups is 1. The molecule has 2 fully saturated rings. The average molecular weight is 423 g/mol. The molecule has 2 aliphatic carbocycles. The Morgan fingerprint density at radius 1 is 0.862 bits per heavy atom. The molecule has 0 aromatic rings. The van der Waals surface area contributed by atoms with Gasteiger partial charge in [-0.2, -0.15) is 12.6 Å². The molecular formula is C28H54S. The molecule has 2 aliphatic rings. The van der Waals surface area contributed by atoms with Crippen molar-refractivity contribution in [1.29, 1.82) is 0 Å². The highest BCUT2D eigenvalue weighted by Crippen LogP contribution is 2.56. The van der Waals surface area contributed by atoms with Gasteiger partial charge in [-0.25, -0.2) is 0 Å². The van der Waals surface area contributed by atoms with E-state index < -0.39 is 0 Å². The van der Waals surface area contributed by atoms with Gasteiger partial charge in [0.2, 0.25) is 0 Å². The van der Waals surface area contributed by atoms with E-state index in [1.807, 2.05) is 0 Å². The van der Waals surface area contributed by atoms with Crippen molar-refractivity contribution in [3.63, 3.8) is 0 Å². The highest BCUT2D eigenvalue weighted by molar-refractivity contribution is 7.81. The average Bonchev–Trinajstić information content (AvgIpc) is 2.70. The SMILES string of the molecule is CCC(CC)CCCCCC1(S)CCC2CC(C)CCCCCCCCC1(C)C2. The Hall–Kier alpha value is 0.350. The van der Waals surface area contributed by atoms with Crippen LogP contribution in [-0.2, 0) is 0 Å². The number of hydrogen-bond donors (Lipinski definition) is 1. The maximum absolute atomic E-state index is 5.50. The molecule has 0 aliphatic heterocycles. The van der Waals surface area contributed by atoms with Crippen molar-refractivity contribution in [2.75, 3.05) is 0 Å². The van der Waals surface area contributed by atoms with Crippen LogP contribution in [0, 0.1) is 23.2 Å². The summed E-state index contributed by atoms with van der Waals surface area (Å²) in [6.45, 7) is 9.89. The van der Waals surface area contributed by atoms with E-state index in [1.165, 1.54) is 122 Å². The molecule has 2 saturated carbocycles. The summed E-state index contributed by atoms with van der Waals surface area (Å²) in [4.78, 5) is 0. The van der Waals surface area contributed by atoms with Crippen molar-refractivity contribution in [3.05, 3.63) is 0 Å². The molecule has 0 radical (unpaired) electrons. The first-order chi connectivity index (χ1) is 13.9. The largest absolute Gasteiger partial charge is 0.172 e. The summed E-state index contributed by atoms with van der Waals surface area (Å²) in [5.74, 6) is 2.86. The highest BCUT2D eigenvalue weighted by atomic mass is 32.1. The Labute approximate surface area is 190 Å². The Kier molecular flexibility index (Phi) is 11.5. The van der Waals surface area contributed by atoms with Gasteiger partial charge in [-0.3, -0.25) is 0 Å². The zero-order valence-corrected chi connectivity index (χ0v) is 21.5. The fraction of sp³-hybridized carbons (Fsp3) is 1.00. The molecule has 0 nitrogen and oxygen atoms in total. The van der Waals surface area contributed by atoms with Gasteiger partial charge in [0.1, 0.15) is 0 Å². The molecule has 0 aromatic carbocycles. The summed E-state index contributed by atoms with van der Waals surface area (Å²) in [7, 11) is 0. The van der Waals surface area contributed by atoms with Crippen molar-refractivity contribution in [3.8, 4) is 0 Å². The lowest BCUT2D eigenvalue weighted by Gasteiger charge is -2.53. The molecular weight excluding hydrogens is 368 g/mol. The lowest BCUT2D eigenvalue weighted by Crippen LogP contribution is -2.47. The zero-order valence-electron chi connectivity index (χ0n) is 20.6. The number of rotatable bonds is 8. The molecule has 0 aromatic heterocycles. The minimum atomic E-state index is 0.293. The first-order valence-electron chi connectivity index (χ1n) is 13.6. The highest BCUT2D eigenvalue weighted by Gasteiger charge is 2.48. The quantitative estimate of drug-likeness (QED) is 0.292. The second-order valence-electron chi connectivity index (χ2n) is 11.5. The first kappa shape index (κ1) is 25.6. The Balaban J connectivity index is 1.92. The predicted molar refractivity (Wildman–Crippen MR) is 135 cm³/mol. The fourth-order valence-corrected chi connectivity index (χ4v) is 7.25. The smallest absolute Gasteiger partial charge is 0.0183 e. The van der Waals surface area contributed by atoms with Crippen molar-refractivity contribution < 1.29 is 0 Å². The molecule has 4 unspecified atom stereocenters. The maximum atomic E-state index is 5.50. The number of fused-ring (bicyclic) bond motifs is 2. The van der Waals surface area contributed by atoms with Gasteiger partial charge in [0.25, 0.3) is 0 Å². The lowest BCUT2D eigenvalue weighted by molar-refractivity contribution is 0.0735. The van der Waals surface area contributed by atoms with Crippen LogP contribution in [0.25, 0.3) is 0 Å². The Morgan fingerprint density at radius 3 is 2.28 bits per heavy atom. The Bertz CT molecular complexity index is 428. The van der Waals surface area contributed by atoms with Gasteiger partial charge in [0.15, 0.2) is 0 Å². The molecule has 0 N–H and O–H groups in total. The van der Waals surface area contributed by atoms with Crippen LogP contribution in [0.1, 0.15) is 150 Å². The molecule has 0 amide bonds. The van der Waals surface area contributed by atoms with Crippen molar-refractivity contribution in [2.45, 2.75) is 154 Å². The second kappa shape index (κ2) is 13.0. The van der Waals surface area contributed by atoms with Crippen LogP contribution < -0.4 is 0 Å². The molecule has 0 spiro atoms. The van der Waals surface area contributed by atoms with E-state index in [9.17, 15) is 0 Å². The van der Waals surface area contributed by atoms with Crippen molar-refractivity contribution >= 4 is 12.6 Å². The summed E-state index contributed by atoms with van der Waals surface area (Å²) in [5.41, 5.74) is 0.460. The summed E-state index contributed by atoms with van der Waals surface area (Å²) < 4.78 is 0.293. The van der Waals surface area contributed by atoms with Gasteiger partial charge in [-0.05, 0) is 61.7 Å². The summed E-state index contributed by atoms with van der Waals surface area (Å²) in [6.07, 6.45) is 27.2. The molecule has 0 saturated heterocycles. The summed E-state index contributed by atoms with van der Waals surface area (Å²) in [6, 6.07) is 0. The number of hydrogen-bond acceptors (Lipinski definition) is 1. The number of unbranched alkanes of at least 4 members (excludes halogenated alkanes) is 2. The normalized spacial score (nSPS) is 35.0. The van der Waals surface area contributed by atoms with Crippen LogP contribution in [0.2, 0.25) is 0 Å². The van der Waals surface area contributed by atoms with E-state index >= 15 is 0 Å². The van der Waals surface area contributed by atoms with Crippen LogP contribution in [0.15, 0.2) is 0 Å². The van der Waals surface area contributed by atoms with Gasteiger partial charge in [-0.15, -0.1) is 0 Å². The molecule has 2 bridgehead atoms. The van der Waals surface area contributed by atoms with Gasteiger partial charge in [0.05, 0.1) is 0 Å². The van der Waals surface area contributed by atoms with Gasteiger partial charge in [0, 0.05) is 4.75 Å². The van der Waals surface area contributed by atoms with Crippen molar-refractivity contribution in [2.24, 2.45) is 23.2 Å². The van der Waals surface area contributed by atoms with Gasteiger partial charge in [-0.1, -0.05) is 111 Å². The van der Waals surface area contributed by atoms with Gasteiger partial charge < -0.3 is 0 Å². The molecule has 1 heteroatoms. The third-order valence-electron chi connectivity index (χ3n) is 9.10. The second-order valence-corrected chi connectivity index (χ2v) is 12.3. The topological polar surface area (TPSA) is 0 Å². The van der Waals surface area contributed by atoms with Crippen LogP contribution >= 0.6 is 12.6 Å². The van der Waals surface area contributed by atoms with Gasteiger partial charge >= 0.3 is 0 Å². The lowest BCUT2D eigenvalue weighted by atomic mass is 9.59. The predicted octanol–water partition coefficient (Wildman–Crippen LogP) is 10.0. The summed E-state index contributed by atoms with van der Waals surface area (Å²) in [5, 5.41) is 0. The molecule has 4 atom stereocenters. The standard InChI is InChI=1S/C28H54S/c1-5-25(6-2)17-13-11-15-20-28(29)21-18-26-22-24(3)16-12-9-7-8-10-14-19-27(28,4)23-26/h24-26,29H,5-23H2,1-4H3. The molecule has 172 valence electrons. The van der Waals surface area contributed by atoms with E-state index in [4.69, 9.17) is 12.6 Å². The maximum Gasteiger partial charge on any atom is 0.0183 e. The van der Waals surface area contributed by atoms with Crippen molar-refractivity contribution in [1.82, 2.24) is 0 Å². The minimum Gasteiger partial charge on any atom is -0.172 e. The van der Waals surface area contributed by atoms with E-state index in [1.54, 1.807) is 0 Å². The third-order valence-corrected chi connectivity index (χ3v) is 10.1. The fourth-order valence-electron chi connectivity index (χ4n) is 6.76. The Morgan fingerprint density at radius 2 is 1.55 bits per heavy atom. The third kappa shape index (κ3) is 8.08. The summed E-state index contributed by atoms with van der Waals surface area (Å²) >= 11 is 5.50. The van der Waals surface area contributed by atoms with Crippen LogP contribution in [0.3, 0.4) is 0 Å². The molecule has 0 heterocycles. The van der Waals surface area contributed by atoms with E-state index in [2.05, 4.69) is 27.7 Å². The molecule has 29 heavy (non-hydrogen) atoms. The van der Waals surface area contributed by atoms with Crippen LogP contribution in [0.4, 0.5) is 0 Å². The molecule has 2 rings (SSSR count). The van der Waals surface area contributed by atoms with E-state index in [0.29, 0.717) is 10.2 Å². The van der Waals surface area contributed by atoms with E-state index in [-0.39, 0.29) is 0 Å². The van der Waals surface area contributed by atoms with Crippen LogP contribution in [0.5, 0.6) is 0 Å². The first-order valence-corrected chi connectivity index (χ1v) is 14.1. The van der Waals surface area contributed by atoms with E-state index in [0.717, 1.165) is 17.8 Å². The zero-order chi connectivity index (χ0) is 21.2.